The van der Waals surface area contributed by atoms with Gasteiger partial charge in [-0.15, -0.1) is 0 Å². The van der Waals surface area contributed by atoms with Crippen LogP contribution in [0.15, 0.2) is 53.1 Å². The number of carbonyl (C=O) groups is 2. The lowest BCUT2D eigenvalue weighted by atomic mass is 9.83. The fraction of sp³-hybridized carbons (Fsp3) is 0.238. The van der Waals surface area contributed by atoms with Gasteiger partial charge in [0, 0.05) is 22.6 Å². The van der Waals surface area contributed by atoms with Crippen molar-refractivity contribution >= 4 is 38.6 Å². The van der Waals surface area contributed by atoms with Gasteiger partial charge in [0.2, 0.25) is 11.8 Å². The van der Waals surface area contributed by atoms with Gasteiger partial charge < -0.3 is 4.57 Å². The van der Waals surface area contributed by atoms with Crippen LogP contribution in [0.4, 0.5) is 0 Å². The predicted octanol–water partition coefficient (Wildman–Crippen LogP) is 3.87. The zero-order valence-electron chi connectivity index (χ0n) is 14.0. The SMILES string of the molecule is O=C1NC(=O)[C@@H](c2cn3c4c(cccc24)CCC3)[C@@H]1c1ccc(Br)cc1. The van der Waals surface area contributed by atoms with E-state index in [4.69, 9.17) is 0 Å². The van der Waals surface area contributed by atoms with Gasteiger partial charge in [-0.2, -0.15) is 0 Å². The van der Waals surface area contributed by atoms with Crippen molar-refractivity contribution in [2.45, 2.75) is 31.2 Å². The molecule has 0 spiro atoms. The molecule has 0 saturated carbocycles. The Bertz CT molecular complexity index is 1050. The highest BCUT2D eigenvalue weighted by molar-refractivity contribution is 9.10. The van der Waals surface area contributed by atoms with Crippen molar-refractivity contribution in [1.82, 2.24) is 9.88 Å². The van der Waals surface area contributed by atoms with E-state index >= 15 is 0 Å². The van der Waals surface area contributed by atoms with Gasteiger partial charge in [0.25, 0.3) is 0 Å². The van der Waals surface area contributed by atoms with E-state index in [1.54, 1.807) is 0 Å². The second-order valence-electron chi connectivity index (χ2n) is 7.06. The largest absolute Gasteiger partial charge is 0.347 e. The number of halogens is 1. The molecule has 5 rings (SSSR count). The van der Waals surface area contributed by atoms with Gasteiger partial charge in [0.1, 0.15) is 0 Å². The second-order valence-corrected chi connectivity index (χ2v) is 7.97. The highest BCUT2D eigenvalue weighted by atomic mass is 79.9. The monoisotopic (exact) mass is 408 g/mol. The molecule has 3 heterocycles. The fourth-order valence-corrected chi connectivity index (χ4v) is 4.71. The summed E-state index contributed by atoms with van der Waals surface area (Å²) in [7, 11) is 0. The summed E-state index contributed by atoms with van der Waals surface area (Å²) in [6, 6.07) is 14.0. The number of carbonyl (C=O) groups excluding carboxylic acids is 2. The molecule has 2 amide bonds. The van der Waals surface area contributed by atoms with Crippen LogP contribution >= 0.6 is 15.9 Å². The van der Waals surface area contributed by atoms with Crippen LogP contribution in [0.3, 0.4) is 0 Å². The third kappa shape index (κ3) is 2.27. The molecule has 2 aliphatic rings. The van der Waals surface area contributed by atoms with Gasteiger partial charge >= 0.3 is 0 Å². The van der Waals surface area contributed by atoms with Crippen molar-refractivity contribution in [3.63, 3.8) is 0 Å². The fourth-order valence-electron chi connectivity index (χ4n) is 4.45. The Morgan fingerprint density at radius 1 is 1.00 bits per heavy atom. The number of rotatable bonds is 2. The number of aryl methyl sites for hydroxylation is 2. The number of hydrogen-bond donors (Lipinski definition) is 1. The van der Waals surface area contributed by atoms with Gasteiger partial charge in [-0.1, -0.05) is 46.3 Å². The van der Waals surface area contributed by atoms with Crippen LogP contribution in [0.25, 0.3) is 10.9 Å². The normalized spacial score (nSPS) is 22.0. The van der Waals surface area contributed by atoms with E-state index in [0.29, 0.717) is 0 Å². The molecule has 1 fully saturated rings. The molecule has 1 saturated heterocycles. The summed E-state index contributed by atoms with van der Waals surface area (Å²) in [5.74, 6) is -1.39. The van der Waals surface area contributed by atoms with Gasteiger partial charge in [-0.3, -0.25) is 14.9 Å². The molecule has 2 aliphatic heterocycles. The number of hydrogen-bond acceptors (Lipinski definition) is 2. The van der Waals surface area contributed by atoms with Crippen molar-refractivity contribution in [1.29, 1.82) is 0 Å². The molecule has 2 atom stereocenters. The van der Waals surface area contributed by atoms with E-state index in [-0.39, 0.29) is 11.8 Å². The van der Waals surface area contributed by atoms with Crippen LogP contribution in [-0.2, 0) is 22.6 Å². The van der Waals surface area contributed by atoms with Gasteiger partial charge in [-0.05, 0) is 41.7 Å². The minimum Gasteiger partial charge on any atom is -0.347 e. The number of amides is 2. The lowest BCUT2D eigenvalue weighted by Crippen LogP contribution is -2.21. The first-order chi connectivity index (χ1) is 12.6. The molecule has 0 bridgehead atoms. The lowest BCUT2D eigenvalue weighted by molar-refractivity contribution is -0.125. The molecular weight excluding hydrogens is 392 g/mol. The average molecular weight is 409 g/mol. The van der Waals surface area contributed by atoms with Crippen LogP contribution in [0, 0.1) is 0 Å². The highest BCUT2D eigenvalue weighted by Crippen LogP contribution is 2.42. The number of benzene rings is 2. The Hall–Kier alpha value is -2.40. The molecule has 1 N–H and O–H groups in total. The minimum atomic E-state index is -0.487. The molecule has 5 heteroatoms. The molecule has 130 valence electrons. The zero-order valence-corrected chi connectivity index (χ0v) is 15.6. The first-order valence-corrected chi connectivity index (χ1v) is 9.63. The lowest BCUT2D eigenvalue weighted by Gasteiger charge is -2.16. The minimum absolute atomic E-state index is 0.202. The summed E-state index contributed by atoms with van der Waals surface area (Å²) in [6.07, 6.45) is 4.25. The summed E-state index contributed by atoms with van der Waals surface area (Å²) in [5.41, 5.74) is 4.37. The zero-order chi connectivity index (χ0) is 17.8. The first kappa shape index (κ1) is 15.8. The maximum absolute atomic E-state index is 12.7. The van der Waals surface area contributed by atoms with E-state index in [9.17, 15) is 9.59 Å². The van der Waals surface area contributed by atoms with Crippen LogP contribution < -0.4 is 5.32 Å². The summed E-state index contributed by atoms with van der Waals surface area (Å²) in [5, 5.41) is 3.65. The molecule has 0 unspecified atom stereocenters. The summed E-state index contributed by atoms with van der Waals surface area (Å²) in [4.78, 5) is 25.3. The maximum atomic E-state index is 12.7. The molecule has 26 heavy (non-hydrogen) atoms. The Labute approximate surface area is 159 Å². The molecule has 4 nitrogen and oxygen atoms in total. The molecule has 0 radical (unpaired) electrons. The third-order valence-corrected chi connectivity index (χ3v) is 6.10. The van der Waals surface area contributed by atoms with Crippen LogP contribution in [0.2, 0.25) is 0 Å². The van der Waals surface area contributed by atoms with E-state index < -0.39 is 11.8 Å². The van der Waals surface area contributed by atoms with E-state index in [2.05, 4.69) is 50.2 Å². The van der Waals surface area contributed by atoms with Crippen LogP contribution in [-0.4, -0.2) is 16.4 Å². The number of aromatic nitrogens is 1. The maximum Gasteiger partial charge on any atom is 0.235 e. The Kier molecular flexibility index (Phi) is 3.54. The standard InChI is InChI=1S/C21H17BrN2O2/c22-14-8-6-12(7-9-14)17-18(21(26)23-20(17)25)16-11-24-10-2-4-13-3-1-5-15(16)19(13)24/h1,3,5-9,11,17-18H,2,4,10H2,(H,23,25,26)/t17-,18-/m0/s1. The number of nitrogens with zero attached hydrogens (tertiary/aromatic N) is 1. The topological polar surface area (TPSA) is 51.1 Å². The molecule has 0 aliphatic carbocycles. The number of para-hydroxylation sites is 1. The second kappa shape index (κ2) is 5.81. The predicted molar refractivity (Wildman–Crippen MR) is 103 cm³/mol. The summed E-state index contributed by atoms with van der Waals surface area (Å²) >= 11 is 3.43. The Balaban J connectivity index is 1.70. The van der Waals surface area contributed by atoms with Gasteiger partial charge in [0.15, 0.2) is 0 Å². The number of imide groups is 1. The van der Waals surface area contributed by atoms with Crippen LogP contribution in [0.1, 0.15) is 34.9 Å². The van der Waals surface area contributed by atoms with Crippen molar-refractivity contribution in [3.8, 4) is 0 Å². The van der Waals surface area contributed by atoms with E-state index in [1.807, 2.05) is 24.3 Å². The van der Waals surface area contributed by atoms with Crippen molar-refractivity contribution in [2.24, 2.45) is 0 Å². The smallest absolute Gasteiger partial charge is 0.235 e. The third-order valence-electron chi connectivity index (χ3n) is 5.57. The van der Waals surface area contributed by atoms with E-state index in [0.717, 1.165) is 40.4 Å². The summed E-state index contributed by atoms with van der Waals surface area (Å²) in [6.45, 7) is 0.957. The van der Waals surface area contributed by atoms with Crippen LogP contribution in [0.5, 0.6) is 0 Å². The van der Waals surface area contributed by atoms with Crippen molar-refractivity contribution < 1.29 is 9.59 Å². The first-order valence-electron chi connectivity index (χ1n) is 8.84. The molecule has 2 aromatic carbocycles. The van der Waals surface area contributed by atoms with Crippen molar-refractivity contribution in [2.75, 3.05) is 0 Å². The quantitative estimate of drug-likeness (QED) is 0.654. The van der Waals surface area contributed by atoms with E-state index in [1.165, 1.54) is 11.1 Å². The highest BCUT2D eigenvalue weighted by Gasteiger charge is 2.44. The Morgan fingerprint density at radius 2 is 1.77 bits per heavy atom. The van der Waals surface area contributed by atoms with Gasteiger partial charge in [0.05, 0.1) is 17.4 Å². The molecular formula is C21H17BrN2O2. The Morgan fingerprint density at radius 3 is 2.58 bits per heavy atom. The van der Waals surface area contributed by atoms with Gasteiger partial charge in [-0.25, -0.2) is 0 Å². The number of nitrogens with one attached hydrogen (secondary N) is 1. The average Bonchev–Trinajstić information content (AvgIpc) is 3.14. The molecule has 3 aromatic rings. The van der Waals surface area contributed by atoms with Crippen molar-refractivity contribution in [3.05, 3.63) is 69.8 Å². The molecule has 1 aromatic heterocycles. The summed E-state index contributed by atoms with van der Waals surface area (Å²) < 4.78 is 3.20.